The van der Waals surface area contributed by atoms with Crippen LogP contribution >= 0.6 is 0 Å². The monoisotopic (exact) mass is 211 g/mol. The first-order chi connectivity index (χ1) is 6.91. The fourth-order valence-corrected chi connectivity index (χ4v) is 1.44. The second-order valence-corrected chi connectivity index (χ2v) is 3.63. The van der Waals surface area contributed by atoms with Crippen molar-refractivity contribution in [2.24, 2.45) is 5.92 Å². The topological polar surface area (TPSA) is 109 Å². The predicted octanol–water partition coefficient (Wildman–Crippen LogP) is 0.176. The van der Waals surface area contributed by atoms with Crippen molar-refractivity contribution >= 4 is 11.8 Å². The molecule has 6 heteroatoms. The summed E-state index contributed by atoms with van der Waals surface area (Å²) in [4.78, 5) is 27.8. The average Bonchev–Trinajstić information content (AvgIpc) is 1.99. The number of carboxylic acid groups (broad SMARTS) is 1. The first kappa shape index (κ1) is 11.2. The molecule has 0 fully saturated rings. The molecule has 1 heterocycles. The maximum atomic E-state index is 11.0. The molecule has 0 amide bonds. The molecule has 0 bridgehead atoms. The van der Waals surface area contributed by atoms with Crippen molar-refractivity contribution in [2.45, 2.75) is 19.8 Å². The van der Waals surface area contributed by atoms with Crippen molar-refractivity contribution in [3.05, 3.63) is 22.2 Å². The SMILES string of the molecule is CC(C)C(C(=O)O)c1cc(N)nc(=O)[nH]1. The van der Waals surface area contributed by atoms with Crippen LogP contribution in [0.25, 0.3) is 0 Å². The molecule has 0 aliphatic rings. The van der Waals surface area contributed by atoms with Crippen molar-refractivity contribution in [3.63, 3.8) is 0 Å². The Bertz CT molecular complexity index is 425. The highest BCUT2D eigenvalue weighted by molar-refractivity contribution is 5.75. The molecule has 4 N–H and O–H groups in total. The lowest BCUT2D eigenvalue weighted by Gasteiger charge is -2.15. The Balaban J connectivity index is 3.23. The van der Waals surface area contributed by atoms with Gasteiger partial charge in [0, 0.05) is 11.8 Å². The molecule has 82 valence electrons. The molecule has 1 aromatic heterocycles. The maximum Gasteiger partial charge on any atom is 0.347 e. The highest BCUT2D eigenvalue weighted by atomic mass is 16.4. The van der Waals surface area contributed by atoms with Crippen LogP contribution in [0.15, 0.2) is 10.9 Å². The van der Waals surface area contributed by atoms with Gasteiger partial charge in [-0.2, -0.15) is 4.98 Å². The molecule has 0 spiro atoms. The zero-order valence-electron chi connectivity index (χ0n) is 8.52. The lowest BCUT2D eigenvalue weighted by molar-refractivity contribution is -0.140. The van der Waals surface area contributed by atoms with Crippen molar-refractivity contribution in [2.75, 3.05) is 5.73 Å². The number of aromatic amines is 1. The number of anilines is 1. The molecule has 0 aromatic carbocycles. The van der Waals surface area contributed by atoms with Crippen molar-refractivity contribution in [3.8, 4) is 0 Å². The molecule has 0 saturated heterocycles. The standard InChI is InChI=1S/C9H13N3O3/c1-4(2)7(8(13)14)5-3-6(10)12-9(15)11-5/h3-4,7H,1-2H3,(H,13,14)(H3,10,11,12,15). The fraction of sp³-hybridized carbons (Fsp3) is 0.444. The van der Waals surface area contributed by atoms with E-state index in [4.69, 9.17) is 10.8 Å². The Morgan fingerprint density at radius 2 is 2.20 bits per heavy atom. The van der Waals surface area contributed by atoms with E-state index in [1.54, 1.807) is 13.8 Å². The number of nitrogen functional groups attached to an aromatic ring is 1. The Hall–Kier alpha value is -1.85. The third-order valence-corrected chi connectivity index (χ3v) is 2.05. The van der Waals surface area contributed by atoms with Crippen molar-refractivity contribution in [1.29, 1.82) is 0 Å². The van der Waals surface area contributed by atoms with Gasteiger partial charge in [-0.1, -0.05) is 13.8 Å². The summed E-state index contributed by atoms with van der Waals surface area (Å²) in [7, 11) is 0. The third-order valence-electron chi connectivity index (χ3n) is 2.05. The van der Waals surface area contributed by atoms with E-state index in [-0.39, 0.29) is 17.4 Å². The fourth-order valence-electron chi connectivity index (χ4n) is 1.44. The van der Waals surface area contributed by atoms with Crippen molar-refractivity contribution < 1.29 is 9.90 Å². The average molecular weight is 211 g/mol. The summed E-state index contributed by atoms with van der Waals surface area (Å²) in [5, 5.41) is 9.00. The number of nitrogens with two attached hydrogens (primary N) is 1. The molecule has 1 unspecified atom stereocenters. The van der Waals surface area contributed by atoms with Crippen LogP contribution in [-0.4, -0.2) is 21.0 Å². The van der Waals surface area contributed by atoms with Gasteiger partial charge in [-0.05, 0) is 5.92 Å². The molecule has 1 atom stereocenters. The summed E-state index contributed by atoms with van der Waals surface area (Å²) in [5.41, 5.74) is 5.03. The van der Waals surface area contributed by atoms with Gasteiger partial charge in [0.1, 0.15) is 5.82 Å². The van der Waals surface area contributed by atoms with Gasteiger partial charge in [-0.25, -0.2) is 4.79 Å². The van der Waals surface area contributed by atoms with E-state index >= 15 is 0 Å². The summed E-state index contributed by atoms with van der Waals surface area (Å²) in [6, 6.07) is 1.38. The summed E-state index contributed by atoms with van der Waals surface area (Å²) >= 11 is 0. The Labute approximate surface area is 86.2 Å². The largest absolute Gasteiger partial charge is 0.481 e. The maximum absolute atomic E-state index is 11.0. The van der Waals surface area contributed by atoms with E-state index in [1.165, 1.54) is 6.07 Å². The number of carbonyl (C=O) groups is 1. The Kier molecular flexibility index (Phi) is 3.08. The molecule has 0 aliphatic carbocycles. The number of nitrogens with zero attached hydrogens (tertiary/aromatic N) is 1. The highest BCUT2D eigenvalue weighted by Gasteiger charge is 2.24. The minimum Gasteiger partial charge on any atom is -0.481 e. The Morgan fingerprint density at radius 1 is 1.60 bits per heavy atom. The van der Waals surface area contributed by atoms with E-state index in [0.29, 0.717) is 0 Å². The van der Waals surface area contributed by atoms with Crippen molar-refractivity contribution in [1.82, 2.24) is 9.97 Å². The van der Waals surface area contributed by atoms with Gasteiger partial charge in [0.05, 0.1) is 5.92 Å². The minimum absolute atomic E-state index is 0.0284. The van der Waals surface area contributed by atoms with Gasteiger partial charge in [0.2, 0.25) is 0 Å². The summed E-state index contributed by atoms with van der Waals surface area (Å²) in [6.45, 7) is 3.52. The van der Waals surface area contributed by atoms with Crippen LogP contribution in [0.1, 0.15) is 25.5 Å². The van der Waals surface area contributed by atoms with Crippen LogP contribution in [0.5, 0.6) is 0 Å². The summed E-state index contributed by atoms with van der Waals surface area (Å²) in [5.74, 6) is -1.88. The first-order valence-electron chi connectivity index (χ1n) is 4.51. The van der Waals surface area contributed by atoms with Crippen LogP contribution in [0, 0.1) is 5.92 Å². The van der Waals surface area contributed by atoms with Gasteiger partial charge < -0.3 is 15.8 Å². The predicted molar refractivity (Wildman–Crippen MR) is 54.5 cm³/mol. The molecule has 0 aliphatic heterocycles. The third kappa shape index (κ3) is 2.55. The molecule has 1 rings (SSSR count). The smallest absolute Gasteiger partial charge is 0.347 e. The Morgan fingerprint density at radius 3 is 2.60 bits per heavy atom. The lowest BCUT2D eigenvalue weighted by Crippen LogP contribution is -2.23. The lowest BCUT2D eigenvalue weighted by atomic mass is 9.92. The first-order valence-corrected chi connectivity index (χ1v) is 4.51. The van der Waals surface area contributed by atoms with E-state index in [9.17, 15) is 9.59 Å². The van der Waals surface area contributed by atoms with Crippen LogP contribution in [-0.2, 0) is 4.79 Å². The summed E-state index contributed by atoms with van der Waals surface area (Å²) in [6.07, 6.45) is 0. The van der Waals surface area contributed by atoms with Crippen LogP contribution < -0.4 is 11.4 Å². The van der Waals surface area contributed by atoms with E-state index in [1.807, 2.05) is 0 Å². The number of nitrogens with one attached hydrogen (secondary N) is 1. The number of hydrogen-bond donors (Lipinski definition) is 3. The molecular formula is C9H13N3O3. The zero-order chi connectivity index (χ0) is 11.6. The number of rotatable bonds is 3. The van der Waals surface area contributed by atoms with E-state index in [2.05, 4.69) is 9.97 Å². The molecule has 1 aromatic rings. The normalized spacial score (nSPS) is 12.7. The van der Waals surface area contributed by atoms with Gasteiger partial charge in [-0.15, -0.1) is 0 Å². The van der Waals surface area contributed by atoms with Crippen LogP contribution in [0.2, 0.25) is 0 Å². The van der Waals surface area contributed by atoms with Gasteiger partial charge >= 0.3 is 11.7 Å². The molecule has 0 radical (unpaired) electrons. The zero-order valence-corrected chi connectivity index (χ0v) is 8.52. The van der Waals surface area contributed by atoms with Gasteiger partial charge in [0.25, 0.3) is 0 Å². The minimum atomic E-state index is -0.994. The second kappa shape index (κ2) is 4.12. The molecule has 15 heavy (non-hydrogen) atoms. The van der Waals surface area contributed by atoms with Crippen LogP contribution in [0.4, 0.5) is 5.82 Å². The highest BCUT2D eigenvalue weighted by Crippen LogP contribution is 2.22. The number of aliphatic carboxylic acids is 1. The number of carboxylic acids is 1. The van der Waals surface area contributed by atoms with Gasteiger partial charge in [-0.3, -0.25) is 4.79 Å². The second-order valence-electron chi connectivity index (χ2n) is 3.63. The van der Waals surface area contributed by atoms with E-state index < -0.39 is 17.6 Å². The van der Waals surface area contributed by atoms with Crippen LogP contribution in [0.3, 0.4) is 0 Å². The van der Waals surface area contributed by atoms with E-state index in [0.717, 1.165) is 0 Å². The number of H-pyrrole nitrogens is 1. The molecule has 0 saturated carbocycles. The summed E-state index contributed by atoms with van der Waals surface area (Å²) < 4.78 is 0. The quantitative estimate of drug-likeness (QED) is 0.660. The molecular weight excluding hydrogens is 198 g/mol. The molecule has 6 nitrogen and oxygen atoms in total. The van der Waals surface area contributed by atoms with Gasteiger partial charge in [0.15, 0.2) is 0 Å². The number of hydrogen-bond acceptors (Lipinski definition) is 4. The number of aromatic nitrogens is 2.